The Kier molecular flexibility index (Phi) is 5.49. The average molecular weight is 254 g/mol. The highest BCUT2D eigenvalue weighted by Crippen LogP contribution is 2.17. The third kappa shape index (κ3) is 4.39. The van der Waals surface area contributed by atoms with Crippen molar-refractivity contribution in [1.82, 2.24) is 5.32 Å². The van der Waals surface area contributed by atoms with Gasteiger partial charge < -0.3 is 5.32 Å². The molecular weight excluding hydrogens is 234 g/mol. The SMILES string of the molecule is CCCC(C)C(=O)NC(C)c1ccc(Cl)cc1. The molecule has 1 aromatic carbocycles. The number of benzene rings is 1. The van der Waals surface area contributed by atoms with Crippen LogP contribution in [0, 0.1) is 5.92 Å². The van der Waals surface area contributed by atoms with E-state index in [4.69, 9.17) is 11.6 Å². The molecule has 0 radical (unpaired) electrons. The number of carbonyl (C=O) groups is 1. The lowest BCUT2D eigenvalue weighted by atomic mass is 10.0. The van der Waals surface area contributed by atoms with Crippen molar-refractivity contribution < 1.29 is 4.79 Å². The van der Waals surface area contributed by atoms with Crippen molar-refractivity contribution in [3.05, 3.63) is 34.9 Å². The van der Waals surface area contributed by atoms with Crippen LogP contribution in [-0.2, 0) is 4.79 Å². The maximum atomic E-state index is 11.8. The lowest BCUT2D eigenvalue weighted by Gasteiger charge is -2.17. The first-order valence-electron chi connectivity index (χ1n) is 6.10. The highest BCUT2D eigenvalue weighted by atomic mass is 35.5. The van der Waals surface area contributed by atoms with Crippen molar-refractivity contribution in [3.8, 4) is 0 Å². The van der Waals surface area contributed by atoms with Gasteiger partial charge in [-0.1, -0.05) is 44.0 Å². The van der Waals surface area contributed by atoms with Crippen molar-refractivity contribution in [2.45, 2.75) is 39.7 Å². The van der Waals surface area contributed by atoms with E-state index in [0.717, 1.165) is 18.4 Å². The molecule has 94 valence electrons. The molecule has 0 saturated heterocycles. The Morgan fingerprint density at radius 2 is 1.88 bits per heavy atom. The second-order valence-electron chi connectivity index (χ2n) is 4.47. The van der Waals surface area contributed by atoms with Crippen LogP contribution in [0.15, 0.2) is 24.3 Å². The van der Waals surface area contributed by atoms with Gasteiger partial charge in [0.15, 0.2) is 0 Å². The summed E-state index contributed by atoms with van der Waals surface area (Å²) >= 11 is 5.83. The number of amides is 1. The Hall–Kier alpha value is -1.02. The zero-order chi connectivity index (χ0) is 12.8. The minimum atomic E-state index is 0.0269. The van der Waals surface area contributed by atoms with E-state index in [2.05, 4.69) is 12.2 Å². The van der Waals surface area contributed by atoms with Gasteiger partial charge in [-0.05, 0) is 31.0 Å². The lowest BCUT2D eigenvalue weighted by molar-refractivity contribution is -0.125. The summed E-state index contributed by atoms with van der Waals surface area (Å²) in [6.07, 6.45) is 1.96. The van der Waals surface area contributed by atoms with Crippen molar-refractivity contribution in [1.29, 1.82) is 0 Å². The molecule has 0 aliphatic heterocycles. The number of halogens is 1. The highest BCUT2D eigenvalue weighted by molar-refractivity contribution is 6.30. The van der Waals surface area contributed by atoms with E-state index in [1.807, 2.05) is 38.1 Å². The Bertz CT molecular complexity index is 361. The molecule has 2 unspecified atom stereocenters. The molecule has 0 aliphatic rings. The third-order valence-corrected chi connectivity index (χ3v) is 3.15. The molecular formula is C14H20ClNO. The molecule has 0 saturated carbocycles. The van der Waals surface area contributed by atoms with Crippen LogP contribution < -0.4 is 5.32 Å². The lowest BCUT2D eigenvalue weighted by Crippen LogP contribution is -2.31. The van der Waals surface area contributed by atoms with Crippen LogP contribution in [0.4, 0.5) is 0 Å². The second-order valence-corrected chi connectivity index (χ2v) is 4.91. The zero-order valence-corrected chi connectivity index (χ0v) is 11.4. The Morgan fingerprint density at radius 3 is 2.41 bits per heavy atom. The summed E-state index contributed by atoms with van der Waals surface area (Å²) in [7, 11) is 0. The number of hydrogen-bond donors (Lipinski definition) is 1. The second kappa shape index (κ2) is 6.65. The Labute approximate surface area is 108 Å². The van der Waals surface area contributed by atoms with Crippen LogP contribution in [0.1, 0.15) is 45.2 Å². The molecule has 1 amide bonds. The van der Waals surface area contributed by atoms with Crippen molar-refractivity contribution >= 4 is 17.5 Å². The van der Waals surface area contributed by atoms with E-state index < -0.39 is 0 Å². The van der Waals surface area contributed by atoms with Gasteiger partial charge in [0, 0.05) is 10.9 Å². The van der Waals surface area contributed by atoms with Gasteiger partial charge in [-0.25, -0.2) is 0 Å². The number of hydrogen-bond acceptors (Lipinski definition) is 1. The van der Waals surface area contributed by atoms with Crippen LogP contribution in [0.25, 0.3) is 0 Å². The fourth-order valence-electron chi connectivity index (χ4n) is 1.75. The van der Waals surface area contributed by atoms with Gasteiger partial charge in [0.1, 0.15) is 0 Å². The largest absolute Gasteiger partial charge is 0.349 e. The van der Waals surface area contributed by atoms with Crippen molar-refractivity contribution in [2.24, 2.45) is 5.92 Å². The van der Waals surface area contributed by atoms with E-state index in [1.54, 1.807) is 0 Å². The van der Waals surface area contributed by atoms with E-state index >= 15 is 0 Å². The van der Waals surface area contributed by atoms with Crippen LogP contribution in [0.2, 0.25) is 5.02 Å². The Morgan fingerprint density at radius 1 is 1.29 bits per heavy atom. The van der Waals surface area contributed by atoms with Gasteiger partial charge in [-0.2, -0.15) is 0 Å². The molecule has 0 spiro atoms. The molecule has 0 aromatic heterocycles. The smallest absolute Gasteiger partial charge is 0.223 e. The quantitative estimate of drug-likeness (QED) is 0.846. The van der Waals surface area contributed by atoms with Gasteiger partial charge in [0.05, 0.1) is 6.04 Å². The number of carbonyl (C=O) groups excluding carboxylic acids is 1. The molecule has 17 heavy (non-hydrogen) atoms. The first kappa shape index (κ1) is 14.0. The molecule has 2 atom stereocenters. The minimum Gasteiger partial charge on any atom is -0.349 e. The van der Waals surface area contributed by atoms with Gasteiger partial charge >= 0.3 is 0 Å². The predicted molar refractivity (Wildman–Crippen MR) is 72.1 cm³/mol. The maximum absolute atomic E-state index is 11.8. The molecule has 0 heterocycles. The van der Waals surface area contributed by atoms with Gasteiger partial charge in [-0.3, -0.25) is 4.79 Å². The molecule has 1 rings (SSSR count). The molecule has 0 fully saturated rings. The molecule has 0 aliphatic carbocycles. The monoisotopic (exact) mass is 253 g/mol. The van der Waals surface area contributed by atoms with Crippen molar-refractivity contribution in [2.75, 3.05) is 0 Å². The summed E-state index contributed by atoms with van der Waals surface area (Å²) in [5, 5.41) is 3.73. The molecule has 3 heteroatoms. The van der Waals surface area contributed by atoms with Crippen LogP contribution in [0.5, 0.6) is 0 Å². The molecule has 1 N–H and O–H groups in total. The normalized spacial score (nSPS) is 14.1. The first-order valence-corrected chi connectivity index (χ1v) is 6.48. The van der Waals surface area contributed by atoms with E-state index in [1.165, 1.54) is 0 Å². The summed E-state index contributed by atoms with van der Waals surface area (Å²) in [5.41, 5.74) is 1.08. The summed E-state index contributed by atoms with van der Waals surface area (Å²) in [6.45, 7) is 6.04. The summed E-state index contributed by atoms with van der Waals surface area (Å²) in [6, 6.07) is 7.60. The summed E-state index contributed by atoms with van der Waals surface area (Å²) in [5.74, 6) is 0.198. The molecule has 0 bridgehead atoms. The predicted octanol–water partition coefficient (Wildman–Crippen LogP) is 3.95. The first-order chi connectivity index (χ1) is 8.04. The van der Waals surface area contributed by atoms with E-state index in [-0.39, 0.29) is 17.9 Å². The van der Waals surface area contributed by atoms with Crippen LogP contribution in [-0.4, -0.2) is 5.91 Å². The third-order valence-electron chi connectivity index (χ3n) is 2.90. The molecule has 2 nitrogen and oxygen atoms in total. The summed E-state index contributed by atoms with van der Waals surface area (Å²) < 4.78 is 0. The Balaban J connectivity index is 2.57. The maximum Gasteiger partial charge on any atom is 0.223 e. The van der Waals surface area contributed by atoms with Gasteiger partial charge in [0.25, 0.3) is 0 Å². The summed E-state index contributed by atoms with van der Waals surface area (Å²) in [4.78, 5) is 11.8. The van der Waals surface area contributed by atoms with Gasteiger partial charge in [0.2, 0.25) is 5.91 Å². The van der Waals surface area contributed by atoms with E-state index in [0.29, 0.717) is 5.02 Å². The fourth-order valence-corrected chi connectivity index (χ4v) is 1.88. The van der Waals surface area contributed by atoms with Crippen LogP contribution >= 0.6 is 11.6 Å². The number of rotatable bonds is 5. The van der Waals surface area contributed by atoms with Crippen LogP contribution in [0.3, 0.4) is 0 Å². The standard InChI is InChI=1S/C14H20ClNO/c1-4-5-10(2)14(17)16-11(3)12-6-8-13(15)9-7-12/h6-11H,4-5H2,1-3H3,(H,16,17). The fraction of sp³-hybridized carbons (Fsp3) is 0.500. The van der Waals surface area contributed by atoms with E-state index in [9.17, 15) is 4.79 Å². The average Bonchev–Trinajstić information content (AvgIpc) is 2.30. The zero-order valence-electron chi connectivity index (χ0n) is 10.7. The minimum absolute atomic E-state index is 0.0269. The van der Waals surface area contributed by atoms with Gasteiger partial charge in [-0.15, -0.1) is 0 Å². The topological polar surface area (TPSA) is 29.1 Å². The number of nitrogens with one attached hydrogen (secondary N) is 1. The molecule has 1 aromatic rings. The van der Waals surface area contributed by atoms with Crippen molar-refractivity contribution in [3.63, 3.8) is 0 Å². The highest BCUT2D eigenvalue weighted by Gasteiger charge is 2.15.